The number of phenolic OH excluding ortho intramolecular Hbond substituents is 1. The first-order chi connectivity index (χ1) is 10.6. The second-order valence-electron chi connectivity index (χ2n) is 5.33. The number of amides is 1. The summed E-state index contributed by atoms with van der Waals surface area (Å²) in [6.07, 6.45) is 0.538. The third-order valence-electron chi connectivity index (χ3n) is 3.73. The van der Waals surface area contributed by atoms with Crippen molar-refractivity contribution in [2.75, 3.05) is 11.9 Å². The van der Waals surface area contributed by atoms with Crippen LogP contribution < -0.4 is 5.32 Å². The summed E-state index contributed by atoms with van der Waals surface area (Å²) in [6.45, 7) is 2.67. The molecule has 1 aliphatic rings. The van der Waals surface area contributed by atoms with Gasteiger partial charge in [-0.05, 0) is 42.3 Å². The minimum absolute atomic E-state index is 0.0272. The van der Waals surface area contributed by atoms with E-state index in [0.717, 1.165) is 17.7 Å². The van der Waals surface area contributed by atoms with E-state index < -0.39 is 0 Å². The number of aromatic hydroxyl groups is 1. The average Bonchev–Trinajstić information content (AvgIpc) is 2.49. The maximum atomic E-state index is 12.8. The molecule has 5 heteroatoms. The quantitative estimate of drug-likeness (QED) is 0.899. The van der Waals surface area contributed by atoms with Crippen LogP contribution in [0.2, 0.25) is 5.02 Å². The van der Waals surface area contributed by atoms with Crippen LogP contribution in [0.4, 0.5) is 5.69 Å². The lowest BCUT2D eigenvalue weighted by Gasteiger charge is -2.38. The van der Waals surface area contributed by atoms with E-state index in [1.54, 1.807) is 41.3 Å². The maximum Gasteiger partial charge on any atom is 0.257 e. The molecule has 114 valence electrons. The van der Waals surface area contributed by atoms with Crippen LogP contribution in [0.5, 0.6) is 5.75 Å². The van der Waals surface area contributed by atoms with Gasteiger partial charge in [0.1, 0.15) is 11.9 Å². The normalized spacial score (nSPS) is 17.1. The minimum Gasteiger partial charge on any atom is -0.508 e. The van der Waals surface area contributed by atoms with Crippen LogP contribution in [-0.4, -0.2) is 22.5 Å². The van der Waals surface area contributed by atoms with Crippen molar-refractivity contribution in [1.82, 2.24) is 4.90 Å². The molecule has 2 aromatic carbocycles. The van der Waals surface area contributed by atoms with Crippen molar-refractivity contribution in [1.29, 1.82) is 0 Å². The van der Waals surface area contributed by atoms with Crippen molar-refractivity contribution >= 4 is 23.2 Å². The number of hydrogen-bond acceptors (Lipinski definition) is 3. The number of nitrogens with zero attached hydrogens (tertiary/aromatic N) is 1. The lowest BCUT2D eigenvalue weighted by molar-refractivity contribution is 0.0683. The molecule has 1 aliphatic heterocycles. The second-order valence-corrected chi connectivity index (χ2v) is 5.77. The molecule has 3 rings (SSSR count). The van der Waals surface area contributed by atoms with Gasteiger partial charge in [0, 0.05) is 11.6 Å². The first-order valence-corrected chi connectivity index (χ1v) is 7.64. The van der Waals surface area contributed by atoms with Gasteiger partial charge in [-0.3, -0.25) is 4.79 Å². The summed E-state index contributed by atoms with van der Waals surface area (Å²) in [6, 6.07) is 12.2. The topological polar surface area (TPSA) is 52.6 Å². The summed E-state index contributed by atoms with van der Waals surface area (Å²) in [5.41, 5.74) is 2.18. The highest BCUT2D eigenvalue weighted by molar-refractivity contribution is 6.31. The van der Waals surface area contributed by atoms with Gasteiger partial charge in [-0.2, -0.15) is 0 Å². The molecular formula is C17H17ClN2O2. The molecule has 1 amide bonds. The van der Waals surface area contributed by atoms with E-state index in [-0.39, 0.29) is 17.8 Å². The number of anilines is 1. The number of benzene rings is 2. The van der Waals surface area contributed by atoms with Crippen molar-refractivity contribution < 1.29 is 9.90 Å². The summed E-state index contributed by atoms with van der Waals surface area (Å²) < 4.78 is 0. The van der Waals surface area contributed by atoms with Gasteiger partial charge >= 0.3 is 0 Å². The van der Waals surface area contributed by atoms with Crippen LogP contribution in [0.15, 0.2) is 42.5 Å². The lowest BCUT2D eigenvalue weighted by atomic mass is 10.0. The van der Waals surface area contributed by atoms with Gasteiger partial charge < -0.3 is 15.3 Å². The molecule has 0 saturated carbocycles. The Balaban J connectivity index is 2.06. The third-order valence-corrected chi connectivity index (χ3v) is 3.96. The van der Waals surface area contributed by atoms with Gasteiger partial charge in [0.05, 0.1) is 11.3 Å². The molecule has 0 aliphatic carbocycles. The number of carbonyl (C=O) groups is 1. The molecule has 2 N–H and O–H groups in total. The smallest absolute Gasteiger partial charge is 0.257 e. The highest BCUT2D eigenvalue weighted by Gasteiger charge is 2.32. The fourth-order valence-corrected chi connectivity index (χ4v) is 2.92. The van der Waals surface area contributed by atoms with Gasteiger partial charge in [-0.25, -0.2) is 0 Å². The average molecular weight is 317 g/mol. The van der Waals surface area contributed by atoms with E-state index in [0.29, 0.717) is 17.1 Å². The van der Waals surface area contributed by atoms with Crippen molar-refractivity contribution in [3.8, 4) is 5.75 Å². The van der Waals surface area contributed by atoms with Crippen LogP contribution >= 0.6 is 11.6 Å². The van der Waals surface area contributed by atoms with E-state index in [9.17, 15) is 9.90 Å². The van der Waals surface area contributed by atoms with Crippen molar-refractivity contribution in [2.24, 2.45) is 0 Å². The Labute approximate surface area is 134 Å². The third kappa shape index (κ3) is 2.62. The van der Waals surface area contributed by atoms with E-state index in [4.69, 9.17) is 11.6 Å². The predicted molar refractivity (Wildman–Crippen MR) is 87.3 cm³/mol. The van der Waals surface area contributed by atoms with E-state index in [1.807, 2.05) is 13.0 Å². The molecule has 1 unspecified atom stereocenters. The molecule has 1 heterocycles. The predicted octanol–water partition coefficient (Wildman–Crippen LogP) is 4.02. The largest absolute Gasteiger partial charge is 0.508 e. The van der Waals surface area contributed by atoms with Crippen LogP contribution in [-0.2, 0) is 0 Å². The first-order valence-electron chi connectivity index (χ1n) is 7.26. The second kappa shape index (κ2) is 5.89. The van der Waals surface area contributed by atoms with Crippen LogP contribution in [0.3, 0.4) is 0 Å². The molecule has 0 saturated heterocycles. The monoisotopic (exact) mass is 316 g/mol. The number of carbonyl (C=O) groups excluding carboxylic acids is 1. The number of halogens is 1. The van der Waals surface area contributed by atoms with Gasteiger partial charge in [0.2, 0.25) is 0 Å². The number of rotatable bonds is 3. The van der Waals surface area contributed by atoms with Crippen molar-refractivity contribution in [3.63, 3.8) is 0 Å². The Morgan fingerprint density at radius 3 is 2.82 bits per heavy atom. The molecule has 0 bridgehead atoms. The Kier molecular flexibility index (Phi) is 3.94. The number of nitrogens with one attached hydrogen (secondary N) is 1. The molecule has 4 nitrogen and oxygen atoms in total. The van der Waals surface area contributed by atoms with Gasteiger partial charge in [-0.15, -0.1) is 0 Å². The van der Waals surface area contributed by atoms with Crippen LogP contribution in [0.1, 0.15) is 35.4 Å². The van der Waals surface area contributed by atoms with E-state index in [1.165, 1.54) is 0 Å². The van der Waals surface area contributed by atoms with E-state index in [2.05, 4.69) is 5.32 Å². The summed E-state index contributed by atoms with van der Waals surface area (Å²) in [7, 11) is 0. The summed E-state index contributed by atoms with van der Waals surface area (Å²) in [4.78, 5) is 14.5. The number of hydrogen-bond donors (Lipinski definition) is 2. The summed E-state index contributed by atoms with van der Waals surface area (Å²) in [5, 5.41) is 13.7. The standard InChI is InChI=1S/C17H17ClN2O2/c1-2-8-20-16(11-4-3-5-13(21)9-11)19-15-10-12(18)6-7-14(15)17(20)22/h3-7,9-10,16,19,21H,2,8H2,1H3. The Hall–Kier alpha value is -2.20. The first kappa shape index (κ1) is 14.7. The molecule has 1 atom stereocenters. The molecule has 2 aromatic rings. The molecule has 0 fully saturated rings. The fourth-order valence-electron chi connectivity index (χ4n) is 2.75. The van der Waals surface area contributed by atoms with Gasteiger partial charge in [-0.1, -0.05) is 30.7 Å². The molecule has 22 heavy (non-hydrogen) atoms. The fraction of sp³-hybridized carbons (Fsp3) is 0.235. The molecule has 0 spiro atoms. The SMILES string of the molecule is CCCN1C(=O)c2ccc(Cl)cc2NC1c1cccc(O)c1. The molecular weight excluding hydrogens is 300 g/mol. The zero-order chi connectivity index (χ0) is 15.7. The molecule has 0 aromatic heterocycles. The van der Waals surface area contributed by atoms with Crippen LogP contribution in [0, 0.1) is 0 Å². The zero-order valence-corrected chi connectivity index (χ0v) is 13.0. The number of fused-ring (bicyclic) bond motifs is 1. The van der Waals surface area contributed by atoms with Gasteiger partial charge in [0.25, 0.3) is 5.91 Å². The Bertz CT molecular complexity index is 718. The van der Waals surface area contributed by atoms with Crippen molar-refractivity contribution in [3.05, 3.63) is 58.6 Å². The highest BCUT2D eigenvalue weighted by atomic mass is 35.5. The summed E-state index contributed by atoms with van der Waals surface area (Å²) in [5.74, 6) is 0.153. The lowest BCUT2D eigenvalue weighted by Crippen LogP contribution is -2.43. The Morgan fingerprint density at radius 1 is 1.27 bits per heavy atom. The number of phenols is 1. The van der Waals surface area contributed by atoms with Crippen molar-refractivity contribution in [2.45, 2.75) is 19.5 Å². The minimum atomic E-state index is -0.314. The van der Waals surface area contributed by atoms with Gasteiger partial charge in [0.15, 0.2) is 0 Å². The highest BCUT2D eigenvalue weighted by Crippen LogP contribution is 2.35. The summed E-state index contributed by atoms with van der Waals surface area (Å²) >= 11 is 6.04. The zero-order valence-electron chi connectivity index (χ0n) is 12.2. The van der Waals surface area contributed by atoms with Crippen LogP contribution in [0.25, 0.3) is 0 Å². The maximum absolute atomic E-state index is 12.8. The Morgan fingerprint density at radius 2 is 2.09 bits per heavy atom. The molecule has 0 radical (unpaired) electrons. The van der Waals surface area contributed by atoms with E-state index >= 15 is 0 Å².